The van der Waals surface area contributed by atoms with Crippen LogP contribution in [0.5, 0.6) is 0 Å². The molecule has 108 valence electrons. The van der Waals surface area contributed by atoms with Crippen LogP contribution in [0, 0.1) is 0 Å². The summed E-state index contributed by atoms with van der Waals surface area (Å²) in [5.74, 6) is 1.02. The van der Waals surface area contributed by atoms with Crippen LogP contribution in [-0.4, -0.2) is 20.8 Å². The molecule has 0 amide bonds. The third-order valence-electron chi connectivity index (χ3n) is 3.96. The topological polar surface area (TPSA) is 38.0 Å². The summed E-state index contributed by atoms with van der Waals surface area (Å²) in [5.41, 5.74) is 1.21. The summed E-state index contributed by atoms with van der Waals surface area (Å²) in [6.07, 6.45) is 5.61. The second-order valence-electron chi connectivity index (χ2n) is 5.49. The number of hydrogen-bond acceptors (Lipinski definition) is 2. The van der Waals surface area contributed by atoms with E-state index in [0.717, 1.165) is 18.7 Å². The summed E-state index contributed by atoms with van der Waals surface area (Å²) in [6.45, 7) is 0. The maximum atomic E-state index is 10.3. The highest BCUT2D eigenvalue weighted by Gasteiger charge is 2.10. The molecule has 2 aromatic carbocycles. The average Bonchev–Trinajstić information content (AvgIpc) is 2.91. The molecule has 0 spiro atoms. The van der Waals surface area contributed by atoms with Crippen molar-refractivity contribution in [1.82, 2.24) is 9.55 Å². The number of fused-ring (bicyclic) bond motifs is 1. The fraction of sp³-hybridized carbons (Fsp3) is 0.278. The molecule has 0 aliphatic rings. The predicted molar refractivity (Wildman–Crippen MR) is 85.2 cm³/mol. The third kappa shape index (κ3) is 3.14. The second-order valence-corrected chi connectivity index (χ2v) is 5.49. The van der Waals surface area contributed by atoms with Gasteiger partial charge in [-0.25, -0.2) is 4.98 Å². The van der Waals surface area contributed by atoms with Crippen LogP contribution in [0.15, 0.2) is 54.9 Å². The number of hydrogen-bond donors (Lipinski definition) is 1. The molecule has 1 unspecified atom stereocenters. The van der Waals surface area contributed by atoms with Crippen LogP contribution in [0.3, 0.4) is 0 Å². The molecule has 0 aliphatic heterocycles. The molecule has 3 nitrogen and oxygen atoms in total. The monoisotopic (exact) mass is 280 g/mol. The van der Waals surface area contributed by atoms with Crippen LogP contribution < -0.4 is 0 Å². The number of benzene rings is 2. The van der Waals surface area contributed by atoms with Gasteiger partial charge in [0.1, 0.15) is 5.82 Å². The van der Waals surface area contributed by atoms with Gasteiger partial charge in [-0.3, -0.25) is 0 Å². The van der Waals surface area contributed by atoms with Crippen molar-refractivity contribution in [2.45, 2.75) is 25.4 Å². The van der Waals surface area contributed by atoms with Gasteiger partial charge >= 0.3 is 0 Å². The van der Waals surface area contributed by atoms with Gasteiger partial charge in [0, 0.05) is 25.9 Å². The molecule has 3 heteroatoms. The Kier molecular flexibility index (Phi) is 4.02. The summed E-state index contributed by atoms with van der Waals surface area (Å²) in [7, 11) is 1.99. The number of aliphatic hydroxyl groups excluding tert-OH is 1. The molecule has 3 aromatic rings. The van der Waals surface area contributed by atoms with E-state index in [1.54, 1.807) is 6.20 Å². The van der Waals surface area contributed by atoms with Crippen LogP contribution in [0.1, 0.15) is 17.8 Å². The highest BCUT2D eigenvalue weighted by molar-refractivity contribution is 5.85. The van der Waals surface area contributed by atoms with Crippen molar-refractivity contribution in [2.24, 2.45) is 7.05 Å². The largest absolute Gasteiger partial charge is 0.393 e. The molecule has 0 aliphatic carbocycles. The molecule has 3 rings (SSSR count). The van der Waals surface area contributed by atoms with E-state index in [-0.39, 0.29) is 6.10 Å². The Hall–Kier alpha value is -2.13. The number of nitrogens with zero attached hydrogens (tertiary/aromatic N) is 2. The molecule has 0 fully saturated rings. The standard InChI is InChI=1S/C18H20N2O/c1-20-12-11-19-18(20)10-9-16(21)13-15-7-4-6-14-5-2-3-8-17(14)15/h2-8,11-12,16,21H,9-10,13H2,1H3. The quantitative estimate of drug-likeness (QED) is 0.780. The van der Waals surface area contributed by atoms with Crippen LogP contribution in [0.25, 0.3) is 10.8 Å². The lowest BCUT2D eigenvalue weighted by atomic mass is 9.98. The molecule has 1 N–H and O–H groups in total. The first kappa shape index (κ1) is 13.8. The van der Waals surface area contributed by atoms with Gasteiger partial charge in [-0.15, -0.1) is 0 Å². The van der Waals surface area contributed by atoms with Crippen molar-refractivity contribution in [2.75, 3.05) is 0 Å². The van der Waals surface area contributed by atoms with E-state index >= 15 is 0 Å². The van der Waals surface area contributed by atoms with Gasteiger partial charge in [0.05, 0.1) is 6.10 Å². The Labute approximate surface area is 124 Å². The zero-order valence-electron chi connectivity index (χ0n) is 12.2. The first-order chi connectivity index (χ1) is 10.2. The molecule has 1 aromatic heterocycles. The third-order valence-corrected chi connectivity index (χ3v) is 3.96. The summed E-state index contributed by atoms with van der Waals surface area (Å²) in [5, 5.41) is 12.8. The smallest absolute Gasteiger partial charge is 0.108 e. The molecule has 0 saturated heterocycles. The molecule has 21 heavy (non-hydrogen) atoms. The minimum absolute atomic E-state index is 0.340. The van der Waals surface area contributed by atoms with Crippen molar-refractivity contribution in [3.63, 3.8) is 0 Å². The number of imidazole rings is 1. The summed E-state index contributed by atoms with van der Waals surface area (Å²) in [4.78, 5) is 4.30. The molecule has 0 radical (unpaired) electrons. The van der Waals surface area contributed by atoms with Gasteiger partial charge in [-0.1, -0.05) is 42.5 Å². The summed E-state index contributed by atoms with van der Waals surface area (Å²) >= 11 is 0. The fourth-order valence-electron chi connectivity index (χ4n) is 2.76. The Morgan fingerprint density at radius 1 is 1.14 bits per heavy atom. The van der Waals surface area contributed by atoms with E-state index < -0.39 is 0 Å². The van der Waals surface area contributed by atoms with Crippen molar-refractivity contribution in [3.05, 3.63) is 66.2 Å². The van der Waals surface area contributed by atoms with E-state index in [1.807, 2.05) is 29.9 Å². The Bertz CT molecular complexity index is 727. The second kappa shape index (κ2) is 6.10. The number of aryl methyl sites for hydroxylation is 2. The van der Waals surface area contributed by atoms with Crippen LogP contribution in [0.4, 0.5) is 0 Å². The summed E-state index contributed by atoms with van der Waals surface area (Å²) in [6, 6.07) is 14.6. The molecular weight excluding hydrogens is 260 g/mol. The Morgan fingerprint density at radius 2 is 1.95 bits per heavy atom. The van der Waals surface area contributed by atoms with Gasteiger partial charge in [-0.05, 0) is 29.2 Å². The Morgan fingerprint density at radius 3 is 2.76 bits per heavy atom. The summed E-state index contributed by atoms with van der Waals surface area (Å²) < 4.78 is 2.00. The normalized spacial score (nSPS) is 12.7. The highest BCUT2D eigenvalue weighted by Crippen LogP contribution is 2.20. The van der Waals surface area contributed by atoms with E-state index in [2.05, 4.69) is 35.3 Å². The first-order valence-electron chi connectivity index (χ1n) is 7.35. The van der Waals surface area contributed by atoms with E-state index in [9.17, 15) is 5.11 Å². The van der Waals surface area contributed by atoms with E-state index in [0.29, 0.717) is 6.42 Å². The number of rotatable bonds is 5. The van der Waals surface area contributed by atoms with Gasteiger partial charge in [0.2, 0.25) is 0 Å². The number of aromatic nitrogens is 2. The lowest BCUT2D eigenvalue weighted by Gasteiger charge is -2.12. The van der Waals surface area contributed by atoms with Crippen LogP contribution >= 0.6 is 0 Å². The number of aliphatic hydroxyl groups is 1. The van der Waals surface area contributed by atoms with Gasteiger partial charge < -0.3 is 9.67 Å². The minimum Gasteiger partial charge on any atom is -0.393 e. The lowest BCUT2D eigenvalue weighted by Crippen LogP contribution is -2.13. The maximum Gasteiger partial charge on any atom is 0.108 e. The van der Waals surface area contributed by atoms with Crippen LogP contribution in [0.2, 0.25) is 0 Å². The average molecular weight is 280 g/mol. The van der Waals surface area contributed by atoms with Crippen molar-refractivity contribution in [1.29, 1.82) is 0 Å². The SMILES string of the molecule is Cn1ccnc1CCC(O)Cc1cccc2ccccc12. The lowest BCUT2D eigenvalue weighted by molar-refractivity contribution is 0.164. The van der Waals surface area contributed by atoms with Crippen LogP contribution in [-0.2, 0) is 19.9 Å². The predicted octanol–water partition coefficient (Wildman–Crippen LogP) is 3.11. The molecule has 0 saturated carbocycles. The van der Waals surface area contributed by atoms with E-state index in [4.69, 9.17) is 0 Å². The highest BCUT2D eigenvalue weighted by atomic mass is 16.3. The van der Waals surface area contributed by atoms with E-state index in [1.165, 1.54) is 16.3 Å². The molecule has 1 heterocycles. The molecule has 0 bridgehead atoms. The van der Waals surface area contributed by atoms with Crippen molar-refractivity contribution in [3.8, 4) is 0 Å². The first-order valence-corrected chi connectivity index (χ1v) is 7.35. The van der Waals surface area contributed by atoms with Gasteiger partial charge in [0.25, 0.3) is 0 Å². The van der Waals surface area contributed by atoms with Gasteiger partial charge in [-0.2, -0.15) is 0 Å². The van der Waals surface area contributed by atoms with Crippen molar-refractivity contribution < 1.29 is 5.11 Å². The maximum absolute atomic E-state index is 10.3. The zero-order valence-corrected chi connectivity index (χ0v) is 12.2. The zero-order chi connectivity index (χ0) is 14.7. The Balaban J connectivity index is 1.69. The fourth-order valence-corrected chi connectivity index (χ4v) is 2.76. The molecule has 1 atom stereocenters. The minimum atomic E-state index is -0.340. The van der Waals surface area contributed by atoms with Gasteiger partial charge in [0.15, 0.2) is 0 Å². The molecular formula is C18H20N2O. The van der Waals surface area contributed by atoms with Crippen molar-refractivity contribution >= 4 is 10.8 Å².